The van der Waals surface area contributed by atoms with Crippen molar-refractivity contribution in [3.63, 3.8) is 0 Å². The molecule has 1 heterocycles. The molecular weight excluding hydrogens is 261 g/mol. The van der Waals surface area contributed by atoms with Crippen LogP contribution in [0.15, 0.2) is 42.6 Å². The fourth-order valence-corrected chi connectivity index (χ4v) is 2.91. The number of pyridine rings is 1. The van der Waals surface area contributed by atoms with Crippen LogP contribution in [0.5, 0.6) is 0 Å². The lowest BCUT2D eigenvalue weighted by molar-refractivity contribution is 0.592. The van der Waals surface area contributed by atoms with Gasteiger partial charge in [-0.05, 0) is 49.1 Å². The van der Waals surface area contributed by atoms with Crippen molar-refractivity contribution < 1.29 is 4.39 Å². The molecule has 106 valence electrons. The van der Waals surface area contributed by atoms with Crippen LogP contribution < -0.4 is 0 Å². The third-order valence-electron chi connectivity index (χ3n) is 4.08. The maximum atomic E-state index is 13.1. The highest BCUT2D eigenvalue weighted by molar-refractivity contribution is 5.42. The van der Waals surface area contributed by atoms with Gasteiger partial charge >= 0.3 is 0 Å². The molecule has 0 spiro atoms. The average molecular weight is 279 g/mol. The molecule has 0 bridgehead atoms. The number of hydrogen-bond acceptors (Lipinski definition) is 1. The van der Waals surface area contributed by atoms with E-state index < -0.39 is 0 Å². The molecule has 1 aliphatic rings. The van der Waals surface area contributed by atoms with E-state index in [2.05, 4.69) is 29.8 Å². The van der Waals surface area contributed by atoms with Crippen molar-refractivity contribution in [2.75, 3.05) is 0 Å². The van der Waals surface area contributed by atoms with E-state index in [1.54, 1.807) is 12.1 Å². The zero-order valence-corrected chi connectivity index (χ0v) is 12.1. The number of rotatable bonds is 1. The average Bonchev–Trinajstić information content (AvgIpc) is 2.92. The monoisotopic (exact) mass is 279 g/mol. The molecule has 1 nitrogen and oxygen atoms in total. The fraction of sp³-hybridized carbons (Fsp3) is 0.316. The van der Waals surface area contributed by atoms with Crippen molar-refractivity contribution in [3.8, 4) is 11.8 Å². The molecular formula is C19H18FN. The molecule has 0 unspecified atom stereocenters. The minimum Gasteiger partial charge on any atom is -0.260 e. The van der Waals surface area contributed by atoms with Crippen molar-refractivity contribution in [2.45, 2.75) is 32.1 Å². The summed E-state index contributed by atoms with van der Waals surface area (Å²) in [5.41, 5.74) is 2.73. The van der Waals surface area contributed by atoms with Crippen LogP contribution in [0.4, 0.5) is 4.39 Å². The Kier molecular flexibility index (Phi) is 4.01. The van der Waals surface area contributed by atoms with E-state index in [1.807, 2.05) is 12.3 Å². The second kappa shape index (κ2) is 6.10. The summed E-state index contributed by atoms with van der Waals surface area (Å²) in [5.74, 6) is 7.16. The molecule has 21 heavy (non-hydrogen) atoms. The molecule has 1 aromatic carbocycles. The molecule has 0 amide bonds. The highest BCUT2D eigenvalue weighted by atomic mass is 19.1. The van der Waals surface area contributed by atoms with Gasteiger partial charge in [0.2, 0.25) is 0 Å². The van der Waals surface area contributed by atoms with Gasteiger partial charge in [-0.1, -0.05) is 31.3 Å². The van der Waals surface area contributed by atoms with Crippen molar-refractivity contribution in [3.05, 3.63) is 65.2 Å². The first-order valence-electron chi connectivity index (χ1n) is 7.44. The maximum Gasteiger partial charge on any atom is 0.124 e. The number of aromatic nitrogens is 1. The maximum absolute atomic E-state index is 13.1. The van der Waals surface area contributed by atoms with Crippen LogP contribution in [-0.2, 0) is 0 Å². The van der Waals surface area contributed by atoms with Crippen LogP contribution >= 0.6 is 0 Å². The third-order valence-corrected chi connectivity index (χ3v) is 4.08. The summed E-state index contributed by atoms with van der Waals surface area (Å²) in [4.78, 5) is 4.55. The minimum absolute atomic E-state index is 0.259. The van der Waals surface area contributed by atoms with Gasteiger partial charge in [0.25, 0.3) is 0 Å². The Bertz CT molecular complexity index is 679. The fourth-order valence-electron chi connectivity index (χ4n) is 2.91. The van der Waals surface area contributed by atoms with Gasteiger partial charge in [-0.15, -0.1) is 0 Å². The summed E-state index contributed by atoms with van der Waals surface area (Å²) >= 11 is 0. The lowest BCUT2D eigenvalue weighted by Crippen LogP contribution is -1.97. The molecule has 0 saturated heterocycles. The SMILES string of the molecule is C[C@H]1CC[C@H](c2ccc(C#Cc3cccc(F)c3)cn2)C1. The lowest BCUT2D eigenvalue weighted by atomic mass is 10.0. The van der Waals surface area contributed by atoms with E-state index in [1.165, 1.54) is 37.1 Å². The molecule has 1 aliphatic carbocycles. The summed E-state index contributed by atoms with van der Waals surface area (Å²) in [7, 11) is 0. The molecule has 3 rings (SSSR count). The van der Waals surface area contributed by atoms with E-state index in [-0.39, 0.29) is 5.82 Å². The summed E-state index contributed by atoms with van der Waals surface area (Å²) < 4.78 is 13.1. The molecule has 1 aromatic heterocycles. The van der Waals surface area contributed by atoms with E-state index in [9.17, 15) is 4.39 Å². The molecule has 1 fully saturated rings. The predicted octanol–water partition coefficient (Wildman–Crippen LogP) is 4.52. The summed E-state index contributed by atoms with van der Waals surface area (Å²) in [6.07, 6.45) is 5.60. The Morgan fingerprint density at radius 3 is 2.62 bits per heavy atom. The summed E-state index contributed by atoms with van der Waals surface area (Å²) in [5, 5.41) is 0. The second-order valence-electron chi connectivity index (χ2n) is 5.85. The Morgan fingerprint density at radius 1 is 1.10 bits per heavy atom. The van der Waals surface area contributed by atoms with E-state index in [0.29, 0.717) is 11.5 Å². The van der Waals surface area contributed by atoms with Gasteiger partial charge in [-0.25, -0.2) is 4.39 Å². The van der Waals surface area contributed by atoms with Crippen LogP contribution in [0.2, 0.25) is 0 Å². The lowest BCUT2D eigenvalue weighted by Gasteiger charge is -2.08. The number of hydrogen-bond donors (Lipinski definition) is 0. The smallest absolute Gasteiger partial charge is 0.124 e. The van der Waals surface area contributed by atoms with Gasteiger partial charge in [0.1, 0.15) is 5.82 Å². The largest absolute Gasteiger partial charge is 0.260 e. The molecule has 2 atom stereocenters. The topological polar surface area (TPSA) is 12.9 Å². The van der Waals surface area contributed by atoms with Crippen molar-refractivity contribution >= 4 is 0 Å². The Balaban J connectivity index is 1.73. The molecule has 1 saturated carbocycles. The second-order valence-corrected chi connectivity index (χ2v) is 5.85. The first-order chi connectivity index (χ1) is 10.2. The van der Waals surface area contributed by atoms with E-state index in [0.717, 1.165) is 11.5 Å². The highest BCUT2D eigenvalue weighted by Gasteiger charge is 2.23. The first-order valence-corrected chi connectivity index (χ1v) is 7.44. The highest BCUT2D eigenvalue weighted by Crippen LogP contribution is 2.36. The zero-order chi connectivity index (χ0) is 14.7. The van der Waals surface area contributed by atoms with Crippen LogP contribution in [0.3, 0.4) is 0 Å². The summed E-state index contributed by atoms with van der Waals surface area (Å²) in [6.45, 7) is 2.30. The van der Waals surface area contributed by atoms with E-state index in [4.69, 9.17) is 0 Å². The van der Waals surface area contributed by atoms with Crippen molar-refractivity contribution in [2.24, 2.45) is 5.92 Å². The first kappa shape index (κ1) is 13.8. The van der Waals surface area contributed by atoms with Gasteiger partial charge in [0.05, 0.1) is 0 Å². The Hall–Kier alpha value is -2.14. The molecule has 0 N–H and O–H groups in total. The van der Waals surface area contributed by atoms with Crippen LogP contribution in [0.25, 0.3) is 0 Å². The zero-order valence-electron chi connectivity index (χ0n) is 12.1. The van der Waals surface area contributed by atoms with Gasteiger partial charge in [-0.2, -0.15) is 0 Å². The van der Waals surface area contributed by atoms with Gasteiger partial charge < -0.3 is 0 Å². The van der Waals surface area contributed by atoms with Crippen molar-refractivity contribution in [1.29, 1.82) is 0 Å². The normalized spacial score (nSPS) is 20.9. The van der Waals surface area contributed by atoms with Gasteiger partial charge in [0.15, 0.2) is 0 Å². The number of halogens is 1. The quantitative estimate of drug-likeness (QED) is 0.699. The standard InChI is InChI=1S/C19H18FN/c1-14-5-9-17(11-14)19-10-8-16(13-21-19)7-6-15-3-2-4-18(20)12-15/h2-4,8,10,12-14,17H,5,9,11H2,1H3/t14-,17-/m0/s1. The molecule has 0 aliphatic heterocycles. The van der Waals surface area contributed by atoms with E-state index >= 15 is 0 Å². The third kappa shape index (κ3) is 3.49. The van der Waals surface area contributed by atoms with Gasteiger partial charge in [-0.3, -0.25) is 4.98 Å². The molecule has 2 aromatic rings. The van der Waals surface area contributed by atoms with Gasteiger partial charge in [0, 0.05) is 28.9 Å². The van der Waals surface area contributed by atoms with Crippen LogP contribution in [-0.4, -0.2) is 4.98 Å². The Morgan fingerprint density at radius 2 is 1.95 bits per heavy atom. The number of nitrogens with zero attached hydrogens (tertiary/aromatic N) is 1. The predicted molar refractivity (Wildman–Crippen MR) is 82.4 cm³/mol. The Labute approximate surface area is 125 Å². The summed E-state index contributed by atoms with van der Waals surface area (Å²) in [6, 6.07) is 10.4. The van der Waals surface area contributed by atoms with Crippen LogP contribution in [0.1, 0.15) is 48.9 Å². The van der Waals surface area contributed by atoms with Crippen molar-refractivity contribution in [1.82, 2.24) is 4.98 Å². The molecule has 0 radical (unpaired) electrons. The number of benzene rings is 1. The minimum atomic E-state index is -0.259. The van der Waals surface area contributed by atoms with Crippen LogP contribution in [0, 0.1) is 23.6 Å². The molecule has 2 heteroatoms.